The monoisotopic (exact) mass is 293 g/mol. The van der Waals surface area contributed by atoms with Crippen LogP contribution in [0, 0.1) is 5.92 Å². The maximum Gasteiger partial charge on any atom is 0.264 e. The molecular weight excluding hydrogens is 268 g/mol. The molecule has 1 saturated carbocycles. The molecule has 1 amide bonds. The van der Waals surface area contributed by atoms with Crippen molar-refractivity contribution in [3.05, 3.63) is 22.4 Å². The van der Waals surface area contributed by atoms with Gasteiger partial charge in [-0.25, -0.2) is 0 Å². The number of thiophene rings is 1. The first kappa shape index (κ1) is 14.1. The van der Waals surface area contributed by atoms with Crippen LogP contribution in [0.5, 0.6) is 0 Å². The molecule has 20 heavy (non-hydrogen) atoms. The van der Waals surface area contributed by atoms with Gasteiger partial charge in [0.25, 0.3) is 5.91 Å². The molecule has 4 heteroatoms. The molecule has 2 heterocycles. The van der Waals surface area contributed by atoms with Gasteiger partial charge >= 0.3 is 0 Å². The van der Waals surface area contributed by atoms with Gasteiger partial charge in [0, 0.05) is 6.42 Å². The van der Waals surface area contributed by atoms with Gasteiger partial charge in [-0.15, -0.1) is 11.3 Å². The van der Waals surface area contributed by atoms with E-state index in [9.17, 15) is 4.79 Å². The van der Waals surface area contributed by atoms with Gasteiger partial charge in [0.05, 0.1) is 37.1 Å². The van der Waals surface area contributed by atoms with Crippen molar-refractivity contribution in [1.29, 1.82) is 0 Å². The van der Waals surface area contributed by atoms with Crippen molar-refractivity contribution < 1.29 is 9.69 Å². The second-order valence-corrected chi connectivity index (χ2v) is 7.34. The molecule has 2 fully saturated rings. The lowest BCUT2D eigenvalue weighted by Crippen LogP contribution is -3.18. The molecule has 1 aliphatic heterocycles. The lowest BCUT2D eigenvalue weighted by atomic mass is 9.86. The van der Waals surface area contributed by atoms with Crippen molar-refractivity contribution in [2.75, 3.05) is 26.2 Å². The first-order valence-electron chi connectivity index (χ1n) is 7.91. The van der Waals surface area contributed by atoms with Crippen LogP contribution in [-0.4, -0.2) is 43.0 Å². The third kappa shape index (κ3) is 3.07. The Morgan fingerprint density at radius 1 is 1.35 bits per heavy atom. The number of hydrogen-bond donors (Lipinski definition) is 1. The Hall–Kier alpha value is -0.870. The van der Waals surface area contributed by atoms with Crippen molar-refractivity contribution in [1.82, 2.24) is 4.90 Å². The van der Waals surface area contributed by atoms with Gasteiger partial charge in [-0.1, -0.05) is 19.4 Å². The summed E-state index contributed by atoms with van der Waals surface area (Å²) in [6.07, 6.45) is 5.58. The van der Waals surface area contributed by atoms with Crippen molar-refractivity contribution in [2.24, 2.45) is 5.92 Å². The van der Waals surface area contributed by atoms with Crippen LogP contribution in [0.4, 0.5) is 0 Å². The summed E-state index contributed by atoms with van der Waals surface area (Å²) in [4.78, 5) is 17.0. The molecule has 1 aromatic heterocycles. The van der Waals surface area contributed by atoms with Crippen LogP contribution in [-0.2, 0) is 0 Å². The van der Waals surface area contributed by atoms with Gasteiger partial charge in [-0.05, 0) is 30.2 Å². The van der Waals surface area contributed by atoms with E-state index in [4.69, 9.17) is 0 Å². The highest BCUT2D eigenvalue weighted by molar-refractivity contribution is 7.12. The van der Waals surface area contributed by atoms with E-state index in [2.05, 4.69) is 6.92 Å². The maximum absolute atomic E-state index is 12.3. The molecule has 2 atom stereocenters. The summed E-state index contributed by atoms with van der Waals surface area (Å²) in [6.45, 7) is 6.51. The van der Waals surface area contributed by atoms with Crippen LogP contribution < -0.4 is 4.90 Å². The van der Waals surface area contributed by atoms with Crippen LogP contribution in [0.2, 0.25) is 0 Å². The Balaban J connectivity index is 1.53. The minimum absolute atomic E-state index is 0.232. The van der Waals surface area contributed by atoms with E-state index >= 15 is 0 Å². The largest absolute Gasteiger partial charge is 0.330 e. The van der Waals surface area contributed by atoms with E-state index in [0.29, 0.717) is 0 Å². The number of rotatable bonds is 2. The standard InChI is InChI=1S/C16H24N2OS/c1-13-4-2-5-14(12-13)17-7-9-18(10-8-17)16(19)15-6-3-11-20-15/h3,6,11,13-14H,2,4-5,7-10,12H2,1H3/p+1/t13-,14+/m1/s1. The highest BCUT2D eigenvalue weighted by atomic mass is 32.1. The van der Waals surface area contributed by atoms with Gasteiger partial charge in [0.1, 0.15) is 0 Å². The molecule has 0 unspecified atom stereocenters. The number of hydrogen-bond acceptors (Lipinski definition) is 2. The second-order valence-electron chi connectivity index (χ2n) is 6.40. The zero-order valence-corrected chi connectivity index (χ0v) is 13.1. The number of carbonyl (C=O) groups is 1. The second kappa shape index (κ2) is 6.27. The molecule has 3 nitrogen and oxygen atoms in total. The zero-order valence-electron chi connectivity index (χ0n) is 12.3. The van der Waals surface area contributed by atoms with Crippen LogP contribution in [0.3, 0.4) is 0 Å². The average Bonchev–Trinajstić information content (AvgIpc) is 3.01. The van der Waals surface area contributed by atoms with Crippen molar-refractivity contribution in [3.8, 4) is 0 Å². The first-order valence-corrected chi connectivity index (χ1v) is 8.79. The normalized spacial score (nSPS) is 28.6. The third-order valence-electron chi connectivity index (χ3n) is 4.94. The summed E-state index contributed by atoms with van der Waals surface area (Å²) in [7, 11) is 0. The number of quaternary nitrogens is 1. The van der Waals surface area contributed by atoms with Gasteiger partial charge in [-0.3, -0.25) is 4.79 Å². The third-order valence-corrected chi connectivity index (χ3v) is 5.80. The zero-order chi connectivity index (χ0) is 13.9. The lowest BCUT2D eigenvalue weighted by molar-refractivity contribution is -0.930. The SMILES string of the molecule is C[C@@H]1CCC[C@H]([NH+]2CCN(C(=O)c3cccs3)CC2)C1. The minimum Gasteiger partial charge on any atom is -0.330 e. The van der Waals surface area contributed by atoms with Gasteiger partial charge in [0.15, 0.2) is 0 Å². The molecule has 2 aliphatic rings. The average molecular weight is 293 g/mol. The molecule has 3 rings (SSSR count). The molecule has 0 radical (unpaired) electrons. The maximum atomic E-state index is 12.3. The van der Waals surface area contributed by atoms with Gasteiger partial charge in [0.2, 0.25) is 0 Å². The van der Waals surface area contributed by atoms with Gasteiger partial charge in [-0.2, -0.15) is 0 Å². The summed E-state index contributed by atoms with van der Waals surface area (Å²) >= 11 is 1.56. The minimum atomic E-state index is 0.232. The Bertz CT molecular complexity index is 437. The molecule has 0 aromatic carbocycles. The molecule has 0 spiro atoms. The summed E-state index contributed by atoms with van der Waals surface area (Å²) in [5, 5.41) is 1.98. The molecular formula is C16H25N2OS+. The molecule has 1 saturated heterocycles. The van der Waals surface area contributed by atoms with Crippen molar-refractivity contribution in [2.45, 2.75) is 38.6 Å². The first-order chi connectivity index (χ1) is 9.74. The molecule has 1 aliphatic carbocycles. The van der Waals surface area contributed by atoms with E-state index in [-0.39, 0.29) is 5.91 Å². The topological polar surface area (TPSA) is 24.8 Å². The highest BCUT2D eigenvalue weighted by Crippen LogP contribution is 2.22. The Labute approximate surface area is 125 Å². The van der Waals surface area contributed by atoms with Crippen LogP contribution >= 0.6 is 11.3 Å². The predicted molar refractivity (Wildman–Crippen MR) is 82.3 cm³/mol. The van der Waals surface area contributed by atoms with Gasteiger partial charge < -0.3 is 9.80 Å². The van der Waals surface area contributed by atoms with Crippen molar-refractivity contribution in [3.63, 3.8) is 0 Å². The lowest BCUT2D eigenvalue weighted by Gasteiger charge is -2.39. The molecule has 0 bridgehead atoms. The Morgan fingerprint density at radius 3 is 2.80 bits per heavy atom. The Morgan fingerprint density at radius 2 is 2.15 bits per heavy atom. The van der Waals surface area contributed by atoms with Crippen LogP contribution in [0.1, 0.15) is 42.3 Å². The number of piperazine rings is 1. The molecule has 110 valence electrons. The molecule has 1 N–H and O–H groups in total. The fourth-order valence-corrected chi connectivity index (χ4v) is 4.46. The summed E-state index contributed by atoms with van der Waals surface area (Å²) < 4.78 is 0. The highest BCUT2D eigenvalue weighted by Gasteiger charge is 2.32. The summed E-state index contributed by atoms with van der Waals surface area (Å²) in [5.74, 6) is 1.13. The Kier molecular flexibility index (Phi) is 4.41. The fraction of sp³-hybridized carbons (Fsp3) is 0.688. The van der Waals surface area contributed by atoms with E-state index in [0.717, 1.165) is 43.0 Å². The number of nitrogens with zero attached hydrogens (tertiary/aromatic N) is 1. The van der Waals surface area contributed by atoms with E-state index < -0.39 is 0 Å². The van der Waals surface area contributed by atoms with Crippen molar-refractivity contribution >= 4 is 17.2 Å². The van der Waals surface area contributed by atoms with E-state index in [1.165, 1.54) is 25.7 Å². The number of carbonyl (C=O) groups excluding carboxylic acids is 1. The number of nitrogens with one attached hydrogen (secondary N) is 1. The number of amides is 1. The molecule has 1 aromatic rings. The quantitative estimate of drug-likeness (QED) is 0.881. The summed E-state index contributed by atoms with van der Waals surface area (Å²) in [5.41, 5.74) is 0. The van der Waals surface area contributed by atoms with E-state index in [1.54, 1.807) is 16.2 Å². The summed E-state index contributed by atoms with van der Waals surface area (Å²) in [6, 6.07) is 4.75. The predicted octanol–water partition coefficient (Wildman–Crippen LogP) is 1.67. The van der Waals surface area contributed by atoms with E-state index in [1.807, 2.05) is 22.4 Å². The van der Waals surface area contributed by atoms with Crippen LogP contribution in [0.25, 0.3) is 0 Å². The smallest absolute Gasteiger partial charge is 0.264 e. The van der Waals surface area contributed by atoms with Crippen LogP contribution in [0.15, 0.2) is 17.5 Å². The fourth-order valence-electron chi connectivity index (χ4n) is 3.77.